The molecule has 1 aliphatic heterocycles. The van der Waals surface area contributed by atoms with Gasteiger partial charge in [0.1, 0.15) is 0 Å². The fourth-order valence-electron chi connectivity index (χ4n) is 1.92. The Morgan fingerprint density at radius 3 is 2.76 bits per heavy atom. The highest BCUT2D eigenvalue weighted by molar-refractivity contribution is 6.30. The number of halogens is 1. The van der Waals surface area contributed by atoms with Crippen LogP contribution in [0.15, 0.2) is 29.1 Å². The molecule has 0 fully saturated rings. The van der Waals surface area contributed by atoms with Crippen molar-refractivity contribution in [2.45, 2.75) is 13.0 Å². The Hall–Kier alpha value is -1.75. The fraction of sp³-hybridized carbons (Fsp3) is 0.273. The van der Waals surface area contributed by atoms with E-state index in [2.05, 4.69) is 10.4 Å². The second-order valence-electron chi connectivity index (χ2n) is 3.93. The molecule has 17 heavy (non-hydrogen) atoms. The first kappa shape index (κ1) is 10.4. The summed E-state index contributed by atoms with van der Waals surface area (Å²) in [7, 11) is 0. The van der Waals surface area contributed by atoms with Gasteiger partial charge in [0.2, 0.25) is 5.95 Å². The van der Waals surface area contributed by atoms with Gasteiger partial charge in [-0.05, 0) is 30.7 Å². The molecule has 0 radical (unpaired) electrons. The molecule has 0 spiro atoms. The van der Waals surface area contributed by atoms with E-state index < -0.39 is 0 Å². The Kier molecular flexibility index (Phi) is 2.40. The van der Waals surface area contributed by atoms with Gasteiger partial charge in [-0.2, -0.15) is 4.68 Å². The molecular formula is C11H11ClN4O. The highest BCUT2D eigenvalue weighted by Gasteiger charge is 2.16. The topological polar surface area (TPSA) is 51.9 Å². The third kappa shape index (κ3) is 1.72. The predicted molar refractivity (Wildman–Crippen MR) is 65.9 cm³/mol. The van der Waals surface area contributed by atoms with Gasteiger partial charge >= 0.3 is 5.69 Å². The van der Waals surface area contributed by atoms with Crippen LogP contribution in [-0.4, -0.2) is 20.9 Å². The molecule has 3 rings (SSSR count). The molecule has 0 aliphatic carbocycles. The van der Waals surface area contributed by atoms with Gasteiger partial charge in [-0.15, -0.1) is 5.10 Å². The average Bonchev–Trinajstić information content (AvgIpc) is 2.69. The normalized spacial score (nSPS) is 14.2. The van der Waals surface area contributed by atoms with E-state index in [-0.39, 0.29) is 5.69 Å². The Morgan fingerprint density at radius 1 is 1.29 bits per heavy atom. The number of anilines is 1. The van der Waals surface area contributed by atoms with Crippen molar-refractivity contribution in [3.8, 4) is 5.69 Å². The van der Waals surface area contributed by atoms with E-state index in [1.165, 1.54) is 4.68 Å². The zero-order valence-corrected chi connectivity index (χ0v) is 9.81. The number of aromatic nitrogens is 3. The van der Waals surface area contributed by atoms with Gasteiger partial charge in [0.15, 0.2) is 0 Å². The lowest BCUT2D eigenvalue weighted by Crippen LogP contribution is -2.27. The van der Waals surface area contributed by atoms with Crippen molar-refractivity contribution in [3.05, 3.63) is 39.8 Å². The molecule has 2 heterocycles. The molecule has 6 heteroatoms. The van der Waals surface area contributed by atoms with E-state index in [1.54, 1.807) is 28.8 Å². The minimum atomic E-state index is -0.116. The first-order valence-corrected chi connectivity index (χ1v) is 5.83. The minimum Gasteiger partial charge on any atom is -0.354 e. The van der Waals surface area contributed by atoms with Crippen molar-refractivity contribution < 1.29 is 0 Å². The number of hydrogen-bond acceptors (Lipinski definition) is 3. The first-order chi connectivity index (χ1) is 8.25. The van der Waals surface area contributed by atoms with Gasteiger partial charge in [-0.25, -0.2) is 4.79 Å². The summed E-state index contributed by atoms with van der Waals surface area (Å²) in [4.78, 5) is 12.1. The molecule has 0 amide bonds. The molecule has 88 valence electrons. The van der Waals surface area contributed by atoms with Crippen LogP contribution in [0, 0.1) is 0 Å². The van der Waals surface area contributed by atoms with Crippen molar-refractivity contribution in [3.63, 3.8) is 0 Å². The highest BCUT2D eigenvalue weighted by Crippen LogP contribution is 2.14. The van der Waals surface area contributed by atoms with Crippen LogP contribution in [0.2, 0.25) is 5.02 Å². The van der Waals surface area contributed by atoms with E-state index in [0.29, 0.717) is 11.0 Å². The lowest BCUT2D eigenvalue weighted by molar-refractivity contribution is 0.606. The molecule has 1 aliphatic rings. The third-order valence-electron chi connectivity index (χ3n) is 2.78. The summed E-state index contributed by atoms with van der Waals surface area (Å²) >= 11 is 5.81. The molecule has 1 aromatic carbocycles. The highest BCUT2D eigenvalue weighted by atomic mass is 35.5. The maximum atomic E-state index is 12.1. The summed E-state index contributed by atoms with van der Waals surface area (Å²) < 4.78 is 3.04. The molecule has 1 aromatic heterocycles. The minimum absolute atomic E-state index is 0.116. The van der Waals surface area contributed by atoms with Gasteiger partial charge in [0, 0.05) is 18.1 Å². The molecule has 0 bridgehead atoms. The summed E-state index contributed by atoms with van der Waals surface area (Å²) in [5, 5.41) is 8.02. The second kappa shape index (κ2) is 3.92. The van der Waals surface area contributed by atoms with Crippen molar-refractivity contribution in [1.29, 1.82) is 0 Å². The average molecular weight is 251 g/mol. The van der Waals surface area contributed by atoms with Gasteiger partial charge in [-0.1, -0.05) is 11.6 Å². The van der Waals surface area contributed by atoms with Crippen molar-refractivity contribution >= 4 is 17.5 Å². The van der Waals surface area contributed by atoms with Crippen LogP contribution in [0.4, 0.5) is 5.95 Å². The van der Waals surface area contributed by atoms with E-state index in [0.717, 1.165) is 25.2 Å². The van der Waals surface area contributed by atoms with Gasteiger partial charge in [-0.3, -0.25) is 4.57 Å². The quantitative estimate of drug-likeness (QED) is 0.835. The van der Waals surface area contributed by atoms with E-state index in [1.807, 2.05) is 0 Å². The lowest BCUT2D eigenvalue weighted by Gasteiger charge is -2.12. The Balaban J connectivity index is 2.12. The summed E-state index contributed by atoms with van der Waals surface area (Å²) in [5.41, 5.74) is 0.609. The standard InChI is InChI=1S/C11H11ClN4O/c12-8-2-4-9(5-3-8)16-11(17)15-7-1-6-13-10(15)14-16/h2-5H,1,6-7H2,(H,13,14). The number of fused-ring (bicyclic) bond motifs is 1. The third-order valence-corrected chi connectivity index (χ3v) is 3.03. The number of rotatable bonds is 1. The Bertz CT molecular complexity index is 599. The van der Waals surface area contributed by atoms with Crippen LogP contribution in [0.3, 0.4) is 0 Å². The largest absolute Gasteiger partial charge is 0.354 e. The zero-order valence-electron chi connectivity index (χ0n) is 9.06. The summed E-state index contributed by atoms with van der Waals surface area (Å²) in [5.74, 6) is 0.635. The number of hydrogen-bond donors (Lipinski definition) is 1. The van der Waals surface area contributed by atoms with E-state index in [9.17, 15) is 4.79 Å². The molecule has 2 aromatic rings. The van der Waals surface area contributed by atoms with Gasteiger partial charge < -0.3 is 5.32 Å². The number of benzene rings is 1. The maximum absolute atomic E-state index is 12.1. The molecular weight excluding hydrogens is 240 g/mol. The lowest BCUT2D eigenvalue weighted by atomic mass is 10.3. The van der Waals surface area contributed by atoms with Gasteiger partial charge in [0.05, 0.1) is 5.69 Å². The number of nitrogens with one attached hydrogen (secondary N) is 1. The maximum Gasteiger partial charge on any atom is 0.352 e. The molecule has 0 saturated heterocycles. The Labute approximate surface area is 103 Å². The zero-order chi connectivity index (χ0) is 11.8. The molecule has 0 saturated carbocycles. The van der Waals surface area contributed by atoms with Crippen LogP contribution in [-0.2, 0) is 6.54 Å². The van der Waals surface area contributed by atoms with E-state index in [4.69, 9.17) is 11.6 Å². The summed E-state index contributed by atoms with van der Waals surface area (Å²) in [6, 6.07) is 7.05. The van der Waals surface area contributed by atoms with Crippen LogP contribution < -0.4 is 11.0 Å². The summed E-state index contributed by atoms with van der Waals surface area (Å²) in [6.07, 6.45) is 0.944. The molecule has 1 N–H and O–H groups in total. The van der Waals surface area contributed by atoms with Crippen molar-refractivity contribution in [2.75, 3.05) is 11.9 Å². The summed E-state index contributed by atoms with van der Waals surface area (Å²) in [6.45, 7) is 1.58. The van der Waals surface area contributed by atoms with Crippen LogP contribution >= 0.6 is 11.6 Å². The van der Waals surface area contributed by atoms with Crippen molar-refractivity contribution in [2.24, 2.45) is 0 Å². The van der Waals surface area contributed by atoms with E-state index >= 15 is 0 Å². The van der Waals surface area contributed by atoms with Crippen LogP contribution in [0.1, 0.15) is 6.42 Å². The predicted octanol–water partition coefficient (Wildman–Crippen LogP) is 1.50. The molecule has 0 unspecified atom stereocenters. The van der Waals surface area contributed by atoms with Crippen LogP contribution in [0.25, 0.3) is 5.69 Å². The van der Waals surface area contributed by atoms with Crippen LogP contribution in [0.5, 0.6) is 0 Å². The second-order valence-corrected chi connectivity index (χ2v) is 4.36. The number of nitrogens with zero attached hydrogens (tertiary/aromatic N) is 3. The Morgan fingerprint density at radius 2 is 2.06 bits per heavy atom. The van der Waals surface area contributed by atoms with Gasteiger partial charge in [0.25, 0.3) is 0 Å². The first-order valence-electron chi connectivity index (χ1n) is 5.45. The van der Waals surface area contributed by atoms with Crippen molar-refractivity contribution in [1.82, 2.24) is 14.3 Å². The monoisotopic (exact) mass is 250 g/mol. The smallest absolute Gasteiger partial charge is 0.352 e. The SMILES string of the molecule is O=c1n(-c2ccc(Cl)cc2)nc2n1CCCN2. The fourth-order valence-corrected chi connectivity index (χ4v) is 2.04. The molecule has 5 nitrogen and oxygen atoms in total. The molecule has 0 atom stereocenters.